The van der Waals surface area contributed by atoms with E-state index in [-0.39, 0.29) is 11.9 Å². The predicted octanol–water partition coefficient (Wildman–Crippen LogP) is 4.60. The van der Waals surface area contributed by atoms with E-state index in [9.17, 15) is 13.2 Å². The van der Waals surface area contributed by atoms with Gasteiger partial charge >= 0.3 is 6.36 Å². The molecule has 0 aliphatic carbocycles. The Morgan fingerprint density at radius 2 is 1.97 bits per heavy atom. The highest BCUT2D eigenvalue weighted by Crippen LogP contribution is 2.42. The predicted molar refractivity (Wildman–Crippen MR) is 101 cm³/mol. The topological polar surface area (TPSA) is 40.2 Å². The summed E-state index contributed by atoms with van der Waals surface area (Å²) in [6.07, 6.45) is -4.80. The van der Waals surface area contributed by atoms with Crippen LogP contribution in [0.5, 0.6) is 11.5 Å². The van der Waals surface area contributed by atoms with E-state index >= 15 is 0 Å². The summed E-state index contributed by atoms with van der Waals surface area (Å²) in [5, 5.41) is 0. The molecule has 2 aliphatic rings. The number of halogens is 3. The van der Waals surface area contributed by atoms with Crippen molar-refractivity contribution in [3.05, 3.63) is 42.5 Å². The third kappa shape index (κ3) is 4.59. The highest BCUT2D eigenvalue weighted by molar-refractivity contribution is 5.80. The number of hydrogen-bond donors (Lipinski definition) is 0. The molecule has 1 unspecified atom stereocenters. The highest BCUT2D eigenvalue weighted by Gasteiger charge is 2.35. The lowest BCUT2D eigenvalue weighted by Gasteiger charge is -2.34. The van der Waals surface area contributed by atoms with Crippen molar-refractivity contribution in [1.29, 1.82) is 0 Å². The molecule has 8 heteroatoms. The summed E-state index contributed by atoms with van der Waals surface area (Å²) in [4.78, 5) is 2.16. The number of hydrogen-bond acceptors (Lipinski definition) is 5. The van der Waals surface area contributed by atoms with Crippen molar-refractivity contribution >= 4 is 5.69 Å². The van der Waals surface area contributed by atoms with Crippen molar-refractivity contribution < 1.29 is 32.1 Å². The first-order valence-corrected chi connectivity index (χ1v) is 9.39. The maximum atomic E-state index is 12.6. The first-order valence-electron chi connectivity index (χ1n) is 9.39. The van der Waals surface area contributed by atoms with E-state index in [1.54, 1.807) is 6.07 Å². The molecular weight excluding hydrogens is 387 g/mol. The normalized spacial score (nSPS) is 20.9. The number of fused-ring (bicyclic) bond motifs is 1. The van der Waals surface area contributed by atoms with Gasteiger partial charge in [0.2, 0.25) is 0 Å². The monoisotopic (exact) mass is 409 g/mol. The summed E-state index contributed by atoms with van der Waals surface area (Å²) < 4.78 is 59.2. The van der Waals surface area contributed by atoms with Gasteiger partial charge in [-0.1, -0.05) is 24.3 Å². The molecule has 0 saturated carbocycles. The number of alkyl halides is 3. The maximum absolute atomic E-state index is 12.6. The Hall–Kier alpha value is -2.45. The second-order valence-electron chi connectivity index (χ2n) is 7.47. The van der Waals surface area contributed by atoms with Gasteiger partial charge in [0.05, 0.1) is 18.8 Å². The average Bonchev–Trinajstić information content (AvgIpc) is 2.99. The Balaban J connectivity index is 1.61. The lowest BCUT2D eigenvalue weighted by molar-refractivity contribution is -0.274. The summed E-state index contributed by atoms with van der Waals surface area (Å²) in [5.74, 6) is -0.222. The van der Waals surface area contributed by atoms with Crippen molar-refractivity contribution in [3.63, 3.8) is 0 Å². The van der Waals surface area contributed by atoms with Gasteiger partial charge in [0.15, 0.2) is 11.5 Å². The lowest BCUT2D eigenvalue weighted by Crippen LogP contribution is -2.39. The van der Waals surface area contributed by atoms with Gasteiger partial charge in [-0.25, -0.2) is 0 Å². The molecule has 5 nitrogen and oxygen atoms in total. The zero-order valence-corrected chi connectivity index (χ0v) is 16.2. The fourth-order valence-electron chi connectivity index (χ4n) is 3.68. The number of para-hydroxylation sites is 1. The molecule has 156 valence electrons. The van der Waals surface area contributed by atoms with Crippen molar-refractivity contribution in [3.8, 4) is 22.6 Å². The molecule has 4 rings (SSSR count). The molecule has 2 aromatic carbocycles. The van der Waals surface area contributed by atoms with Crippen LogP contribution in [0, 0.1) is 0 Å². The van der Waals surface area contributed by atoms with E-state index in [2.05, 4.69) is 9.64 Å². The number of benzene rings is 2. The van der Waals surface area contributed by atoms with Crippen LogP contribution in [-0.4, -0.2) is 44.6 Å². The second-order valence-corrected chi connectivity index (χ2v) is 7.47. The van der Waals surface area contributed by atoms with Gasteiger partial charge < -0.3 is 23.8 Å². The fourth-order valence-corrected chi connectivity index (χ4v) is 3.68. The fraction of sp³-hybridized carbons (Fsp3) is 0.429. The molecule has 0 spiro atoms. The molecular formula is C21H22F3NO4. The number of anilines is 1. The van der Waals surface area contributed by atoms with Gasteiger partial charge in [-0.05, 0) is 37.6 Å². The first kappa shape index (κ1) is 19.8. The van der Waals surface area contributed by atoms with Crippen molar-refractivity contribution in [2.45, 2.75) is 32.1 Å². The Morgan fingerprint density at radius 3 is 2.69 bits per heavy atom. The first-order chi connectivity index (χ1) is 13.7. The van der Waals surface area contributed by atoms with Crippen molar-refractivity contribution in [1.82, 2.24) is 0 Å². The molecule has 29 heavy (non-hydrogen) atoms. The van der Waals surface area contributed by atoms with Crippen LogP contribution in [0.4, 0.5) is 18.9 Å². The van der Waals surface area contributed by atoms with Crippen LogP contribution in [-0.2, 0) is 9.47 Å². The van der Waals surface area contributed by atoms with Crippen LogP contribution in [0.1, 0.15) is 13.8 Å². The van der Waals surface area contributed by atoms with Crippen molar-refractivity contribution in [2.24, 2.45) is 0 Å². The SMILES string of the molecule is CC1(C)OCC(CN2CCOc3c(-c4cccc(OC(F)(F)F)c4)cccc32)O1. The minimum Gasteiger partial charge on any atom is -0.489 e. The molecule has 0 radical (unpaired) electrons. The van der Waals surface area contributed by atoms with E-state index in [4.69, 9.17) is 14.2 Å². The zero-order valence-electron chi connectivity index (χ0n) is 16.2. The molecule has 1 atom stereocenters. The molecule has 0 N–H and O–H groups in total. The Morgan fingerprint density at radius 1 is 1.17 bits per heavy atom. The summed E-state index contributed by atoms with van der Waals surface area (Å²) >= 11 is 0. The Bertz CT molecular complexity index is 884. The summed E-state index contributed by atoms with van der Waals surface area (Å²) in [6.45, 7) is 6.08. The van der Waals surface area contributed by atoms with Gasteiger partial charge in [-0.2, -0.15) is 0 Å². The minimum atomic E-state index is -4.74. The smallest absolute Gasteiger partial charge is 0.489 e. The van der Waals surface area contributed by atoms with E-state index in [1.165, 1.54) is 18.2 Å². The zero-order chi connectivity index (χ0) is 20.6. The van der Waals surface area contributed by atoms with Crippen LogP contribution >= 0.6 is 0 Å². The molecule has 0 bridgehead atoms. The van der Waals surface area contributed by atoms with Crippen LogP contribution in [0.15, 0.2) is 42.5 Å². The number of nitrogens with zero attached hydrogens (tertiary/aromatic N) is 1. The van der Waals surface area contributed by atoms with Crippen LogP contribution in [0.2, 0.25) is 0 Å². The van der Waals surface area contributed by atoms with E-state index in [0.29, 0.717) is 43.2 Å². The Kier molecular flexibility index (Phi) is 5.08. The summed E-state index contributed by atoms with van der Waals surface area (Å²) in [5.41, 5.74) is 2.18. The number of rotatable bonds is 4. The summed E-state index contributed by atoms with van der Waals surface area (Å²) in [7, 11) is 0. The highest BCUT2D eigenvalue weighted by atomic mass is 19.4. The van der Waals surface area contributed by atoms with Crippen LogP contribution in [0.25, 0.3) is 11.1 Å². The molecule has 1 saturated heterocycles. The molecule has 0 aromatic heterocycles. The van der Waals surface area contributed by atoms with E-state index < -0.39 is 12.1 Å². The standard InChI is InChI=1S/C21H22F3NO4/c1-20(2)27-13-16(28-20)12-25-9-10-26-19-17(7-4-8-18(19)25)14-5-3-6-15(11-14)29-21(22,23)24/h3-8,11,16H,9-10,12-13H2,1-2H3. The summed E-state index contributed by atoms with van der Waals surface area (Å²) in [6, 6.07) is 11.5. The minimum absolute atomic E-state index is 0.0666. The van der Waals surface area contributed by atoms with Crippen LogP contribution in [0.3, 0.4) is 0 Å². The van der Waals surface area contributed by atoms with Crippen molar-refractivity contribution in [2.75, 3.05) is 31.2 Å². The Labute approximate surface area is 166 Å². The molecule has 0 amide bonds. The molecule has 1 fully saturated rings. The van der Waals surface area contributed by atoms with Gasteiger partial charge in [-0.3, -0.25) is 0 Å². The third-order valence-corrected chi connectivity index (χ3v) is 4.81. The van der Waals surface area contributed by atoms with Gasteiger partial charge in [0.1, 0.15) is 18.5 Å². The molecule has 2 heterocycles. The van der Waals surface area contributed by atoms with Gasteiger partial charge in [-0.15, -0.1) is 13.2 Å². The molecule has 2 aromatic rings. The van der Waals surface area contributed by atoms with Gasteiger partial charge in [0.25, 0.3) is 0 Å². The van der Waals surface area contributed by atoms with E-state index in [1.807, 2.05) is 32.0 Å². The second kappa shape index (κ2) is 7.42. The van der Waals surface area contributed by atoms with E-state index in [0.717, 1.165) is 5.69 Å². The largest absolute Gasteiger partial charge is 0.573 e. The lowest BCUT2D eigenvalue weighted by atomic mass is 10.0. The number of ether oxygens (including phenoxy) is 4. The van der Waals surface area contributed by atoms with Gasteiger partial charge in [0, 0.05) is 12.1 Å². The van der Waals surface area contributed by atoms with Crippen LogP contribution < -0.4 is 14.4 Å². The maximum Gasteiger partial charge on any atom is 0.573 e. The quantitative estimate of drug-likeness (QED) is 0.738. The average molecular weight is 409 g/mol. The third-order valence-electron chi connectivity index (χ3n) is 4.81. The molecule has 2 aliphatic heterocycles.